The monoisotopic (exact) mass is 219 g/mol. The highest BCUT2D eigenvalue weighted by Crippen LogP contribution is 2.41. The zero-order valence-corrected chi connectivity index (χ0v) is 10.6. The van der Waals surface area contributed by atoms with Crippen LogP contribution in [0.15, 0.2) is 30.3 Å². The maximum absolute atomic E-state index is 6.23. The lowest BCUT2D eigenvalue weighted by Gasteiger charge is -2.30. The molecule has 0 bridgehead atoms. The Bertz CT molecular complexity index is 351. The van der Waals surface area contributed by atoms with Gasteiger partial charge >= 0.3 is 0 Å². The molecule has 1 aromatic carbocycles. The minimum absolute atomic E-state index is 0.125. The largest absolute Gasteiger partial charge is 0.351 e. The van der Waals surface area contributed by atoms with Crippen LogP contribution in [0.5, 0.6) is 0 Å². The van der Waals surface area contributed by atoms with E-state index in [2.05, 4.69) is 57.0 Å². The Labute approximate surface area is 98.2 Å². The molecule has 0 saturated carbocycles. The summed E-state index contributed by atoms with van der Waals surface area (Å²) in [6, 6.07) is 10.9. The van der Waals surface area contributed by atoms with Gasteiger partial charge in [-0.1, -0.05) is 37.3 Å². The predicted octanol–water partition coefficient (Wildman–Crippen LogP) is 3.20. The van der Waals surface area contributed by atoms with Crippen molar-refractivity contribution in [3.05, 3.63) is 35.9 Å². The van der Waals surface area contributed by atoms with Crippen LogP contribution in [0.25, 0.3) is 0 Å². The molecule has 1 aromatic rings. The van der Waals surface area contributed by atoms with Gasteiger partial charge < -0.3 is 4.74 Å². The third-order valence-electron chi connectivity index (χ3n) is 3.96. The molecule has 1 aliphatic rings. The lowest BCUT2D eigenvalue weighted by atomic mass is 10.0. The van der Waals surface area contributed by atoms with Crippen LogP contribution < -0.4 is 0 Å². The smallest absolute Gasteiger partial charge is 0.119 e. The molecule has 0 aliphatic carbocycles. The van der Waals surface area contributed by atoms with Crippen molar-refractivity contribution in [3.8, 4) is 0 Å². The molecular formula is C14H21NO. The molecule has 2 rings (SSSR count). The van der Waals surface area contributed by atoms with Crippen LogP contribution in [-0.4, -0.2) is 23.7 Å². The van der Waals surface area contributed by atoms with E-state index in [1.54, 1.807) is 0 Å². The van der Waals surface area contributed by atoms with Crippen molar-refractivity contribution in [2.24, 2.45) is 0 Å². The summed E-state index contributed by atoms with van der Waals surface area (Å²) < 4.78 is 6.23. The summed E-state index contributed by atoms with van der Waals surface area (Å²) in [5, 5.41) is 0. The topological polar surface area (TPSA) is 12.5 Å². The molecular weight excluding hydrogens is 198 g/mol. The lowest BCUT2D eigenvalue weighted by molar-refractivity contribution is -0.0856. The fourth-order valence-corrected chi connectivity index (χ4v) is 2.41. The van der Waals surface area contributed by atoms with Crippen LogP contribution in [0.1, 0.15) is 38.9 Å². The fourth-order valence-electron chi connectivity index (χ4n) is 2.41. The number of benzene rings is 1. The third-order valence-corrected chi connectivity index (χ3v) is 3.96. The Kier molecular flexibility index (Phi) is 3.04. The molecule has 2 heteroatoms. The summed E-state index contributed by atoms with van der Waals surface area (Å²) in [6.45, 7) is 6.58. The molecule has 2 nitrogen and oxygen atoms in total. The van der Waals surface area contributed by atoms with E-state index in [1.165, 1.54) is 5.56 Å². The van der Waals surface area contributed by atoms with E-state index >= 15 is 0 Å². The first-order chi connectivity index (χ1) is 7.58. The van der Waals surface area contributed by atoms with Crippen LogP contribution in [0.2, 0.25) is 0 Å². The predicted molar refractivity (Wildman–Crippen MR) is 66.2 cm³/mol. The van der Waals surface area contributed by atoms with E-state index in [9.17, 15) is 0 Å². The van der Waals surface area contributed by atoms with Crippen LogP contribution in [0.3, 0.4) is 0 Å². The Balaban J connectivity index is 2.26. The molecule has 0 unspecified atom stereocenters. The molecule has 88 valence electrons. The van der Waals surface area contributed by atoms with Gasteiger partial charge in [-0.15, -0.1) is 0 Å². The molecule has 3 atom stereocenters. The second kappa shape index (κ2) is 4.19. The van der Waals surface area contributed by atoms with Crippen LogP contribution in [0, 0.1) is 0 Å². The number of nitrogens with zero attached hydrogens (tertiary/aromatic N) is 1. The summed E-state index contributed by atoms with van der Waals surface area (Å²) in [5.41, 5.74) is 1.15. The molecule has 1 fully saturated rings. The van der Waals surface area contributed by atoms with Gasteiger partial charge in [0.2, 0.25) is 0 Å². The second-order valence-electron chi connectivity index (χ2n) is 4.83. The quantitative estimate of drug-likeness (QED) is 0.757. The van der Waals surface area contributed by atoms with Crippen LogP contribution in [-0.2, 0) is 4.74 Å². The molecule has 16 heavy (non-hydrogen) atoms. The number of likely N-dealkylation sites (N-methyl/N-ethyl adjacent to an activating group) is 1. The van der Waals surface area contributed by atoms with Gasteiger partial charge in [0, 0.05) is 6.04 Å². The SMILES string of the molecule is CC[C@@]1(C)O[C@H](c2ccccc2)[C@H](C)N1C. The van der Waals surface area contributed by atoms with Crippen molar-refractivity contribution in [1.29, 1.82) is 0 Å². The molecule has 1 heterocycles. The van der Waals surface area contributed by atoms with Gasteiger partial charge in [-0.25, -0.2) is 0 Å². The van der Waals surface area contributed by atoms with Gasteiger partial charge in [0.1, 0.15) is 11.8 Å². The maximum Gasteiger partial charge on any atom is 0.119 e. The highest BCUT2D eigenvalue weighted by molar-refractivity contribution is 5.20. The summed E-state index contributed by atoms with van der Waals surface area (Å²) in [6.07, 6.45) is 1.20. The first kappa shape index (κ1) is 11.6. The molecule has 0 spiro atoms. The molecule has 0 aromatic heterocycles. The Morgan fingerprint density at radius 3 is 2.44 bits per heavy atom. The highest BCUT2D eigenvalue weighted by Gasteiger charge is 2.44. The van der Waals surface area contributed by atoms with E-state index in [1.807, 2.05) is 6.07 Å². The zero-order valence-electron chi connectivity index (χ0n) is 10.6. The van der Waals surface area contributed by atoms with E-state index in [0.29, 0.717) is 6.04 Å². The minimum atomic E-state index is -0.125. The van der Waals surface area contributed by atoms with E-state index < -0.39 is 0 Å². The summed E-state index contributed by atoms with van der Waals surface area (Å²) in [4.78, 5) is 2.34. The van der Waals surface area contributed by atoms with Crippen LogP contribution >= 0.6 is 0 Å². The number of rotatable bonds is 2. The van der Waals surface area contributed by atoms with E-state index in [4.69, 9.17) is 4.74 Å². The van der Waals surface area contributed by atoms with Crippen molar-refractivity contribution in [2.45, 2.75) is 45.1 Å². The number of hydrogen-bond donors (Lipinski definition) is 0. The summed E-state index contributed by atoms with van der Waals surface area (Å²) >= 11 is 0. The molecule has 1 aliphatic heterocycles. The Hall–Kier alpha value is -0.860. The standard InChI is InChI=1S/C14H21NO/c1-5-14(3)15(4)11(2)13(16-14)12-9-7-6-8-10-12/h6-11,13H,5H2,1-4H3/t11-,13-,14+/m0/s1. The normalized spacial score (nSPS) is 35.5. The minimum Gasteiger partial charge on any atom is -0.351 e. The lowest BCUT2D eigenvalue weighted by Crippen LogP contribution is -2.41. The molecule has 0 N–H and O–H groups in total. The second-order valence-corrected chi connectivity index (χ2v) is 4.83. The van der Waals surface area contributed by atoms with Crippen molar-refractivity contribution in [3.63, 3.8) is 0 Å². The first-order valence-electron chi connectivity index (χ1n) is 6.04. The van der Waals surface area contributed by atoms with Gasteiger partial charge in [0.25, 0.3) is 0 Å². The fraction of sp³-hybridized carbons (Fsp3) is 0.571. The number of ether oxygens (including phenoxy) is 1. The van der Waals surface area contributed by atoms with Crippen molar-refractivity contribution >= 4 is 0 Å². The molecule has 0 amide bonds. The summed E-state index contributed by atoms with van der Waals surface area (Å²) in [7, 11) is 2.15. The van der Waals surface area contributed by atoms with Crippen molar-refractivity contribution in [2.75, 3.05) is 7.05 Å². The van der Waals surface area contributed by atoms with Gasteiger partial charge in [0.05, 0.1) is 0 Å². The van der Waals surface area contributed by atoms with Crippen molar-refractivity contribution < 1.29 is 4.74 Å². The average molecular weight is 219 g/mol. The zero-order chi connectivity index (χ0) is 11.8. The van der Waals surface area contributed by atoms with E-state index in [-0.39, 0.29) is 11.8 Å². The Morgan fingerprint density at radius 1 is 1.31 bits per heavy atom. The van der Waals surface area contributed by atoms with Gasteiger partial charge in [-0.3, -0.25) is 4.90 Å². The Morgan fingerprint density at radius 2 is 1.94 bits per heavy atom. The highest BCUT2D eigenvalue weighted by atomic mass is 16.5. The molecule has 0 radical (unpaired) electrons. The third kappa shape index (κ3) is 1.76. The average Bonchev–Trinajstić information content (AvgIpc) is 2.56. The maximum atomic E-state index is 6.23. The van der Waals surface area contributed by atoms with E-state index in [0.717, 1.165) is 6.42 Å². The van der Waals surface area contributed by atoms with Gasteiger partial charge in [0.15, 0.2) is 0 Å². The van der Waals surface area contributed by atoms with Crippen LogP contribution in [0.4, 0.5) is 0 Å². The summed E-state index contributed by atoms with van der Waals surface area (Å²) in [5.74, 6) is 0. The number of hydrogen-bond acceptors (Lipinski definition) is 2. The first-order valence-corrected chi connectivity index (χ1v) is 6.04. The molecule has 1 saturated heterocycles. The van der Waals surface area contributed by atoms with Gasteiger partial charge in [-0.2, -0.15) is 0 Å². The van der Waals surface area contributed by atoms with Gasteiger partial charge in [-0.05, 0) is 32.9 Å². The van der Waals surface area contributed by atoms with Crippen molar-refractivity contribution in [1.82, 2.24) is 4.90 Å².